The molecule has 0 aliphatic carbocycles. The number of hydrogen-bond donors (Lipinski definition) is 2. The molecular formula is C17H19FN2O. The van der Waals surface area contributed by atoms with Gasteiger partial charge in [-0.1, -0.05) is 42.5 Å². The first-order chi connectivity index (χ1) is 10.1. The van der Waals surface area contributed by atoms with Crippen molar-refractivity contribution in [3.8, 4) is 0 Å². The van der Waals surface area contributed by atoms with Gasteiger partial charge in [-0.05, 0) is 29.7 Å². The monoisotopic (exact) mass is 286 g/mol. The molecule has 110 valence electrons. The third-order valence-corrected chi connectivity index (χ3v) is 3.36. The highest BCUT2D eigenvalue weighted by molar-refractivity contribution is 5.76. The van der Waals surface area contributed by atoms with Crippen molar-refractivity contribution in [3.63, 3.8) is 0 Å². The summed E-state index contributed by atoms with van der Waals surface area (Å²) in [4.78, 5) is 11.9. The maximum atomic E-state index is 13.4. The number of amides is 1. The SMILES string of the molecule is Cc1ccc(CNC(=O)CC(N)c2ccccc2)cc1F. The third kappa shape index (κ3) is 4.39. The number of nitrogens with two attached hydrogens (primary N) is 1. The summed E-state index contributed by atoms with van der Waals surface area (Å²) in [5, 5.41) is 2.76. The molecule has 2 rings (SSSR count). The smallest absolute Gasteiger partial charge is 0.222 e. The van der Waals surface area contributed by atoms with Gasteiger partial charge in [0.15, 0.2) is 0 Å². The fourth-order valence-electron chi connectivity index (χ4n) is 2.04. The second kappa shape index (κ2) is 6.99. The summed E-state index contributed by atoms with van der Waals surface area (Å²) >= 11 is 0. The standard InChI is InChI=1S/C17H19FN2O/c1-12-7-8-13(9-15(12)18)11-20-17(21)10-16(19)14-5-3-2-4-6-14/h2-9,16H,10-11,19H2,1H3,(H,20,21). The summed E-state index contributed by atoms with van der Waals surface area (Å²) in [7, 11) is 0. The fourth-order valence-corrected chi connectivity index (χ4v) is 2.04. The highest BCUT2D eigenvalue weighted by Crippen LogP contribution is 2.13. The molecule has 0 aliphatic rings. The van der Waals surface area contributed by atoms with Crippen LogP contribution in [0.25, 0.3) is 0 Å². The number of nitrogens with one attached hydrogen (secondary N) is 1. The number of carbonyl (C=O) groups is 1. The summed E-state index contributed by atoms with van der Waals surface area (Å²) in [5.41, 5.74) is 8.24. The van der Waals surface area contributed by atoms with Crippen LogP contribution in [0.1, 0.15) is 29.2 Å². The Labute approximate surface area is 124 Å². The van der Waals surface area contributed by atoms with Crippen molar-refractivity contribution in [2.24, 2.45) is 5.73 Å². The van der Waals surface area contributed by atoms with Crippen molar-refractivity contribution in [1.82, 2.24) is 5.32 Å². The van der Waals surface area contributed by atoms with E-state index < -0.39 is 0 Å². The molecule has 3 N–H and O–H groups in total. The van der Waals surface area contributed by atoms with Crippen molar-refractivity contribution in [3.05, 3.63) is 71.0 Å². The summed E-state index contributed by atoms with van der Waals surface area (Å²) < 4.78 is 13.4. The Morgan fingerprint density at radius 2 is 1.95 bits per heavy atom. The zero-order chi connectivity index (χ0) is 15.2. The molecule has 0 saturated carbocycles. The van der Waals surface area contributed by atoms with Gasteiger partial charge in [0.1, 0.15) is 5.82 Å². The molecular weight excluding hydrogens is 267 g/mol. The summed E-state index contributed by atoms with van der Waals surface area (Å²) in [5.74, 6) is -0.407. The molecule has 0 bridgehead atoms. The van der Waals surface area contributed by atoms with Crippen molar-refractivity contribution in [2.75, 3.05) is 0 Å². The fraction of sp³-hybridized carbons (Fsp3) is 0.235. The van der Waals surface area contributed by atoms with Crippen molar-refractivity contribution >= 4 is 5.91 Å². The van der Waals surface area contributed by atoms with Crippen LogP contribution in [0.5, 0.6) is 0 Å². The Balaban J connectivity index is 1.86. The normalized spacial score (nSPS) is 12.0. The van der Waals surface area contributed by atoms with Crippen LogP contribution in [0.4, 0.5) is 4.39 Å². The lowest BCUT2D eigenvalue weighted by molar-refractivity contribution is -0.121. The van der Waals surface area contributed by atoms with E-state index in [1.54, 1.807) is 19.1 Å². The van der Waals surface area contributed by atoms with Crippen molar-refractivity contribution < 1.29 is 9.18 Å². The summed E-state index contributed by atoms with van der Waals surface area (Å²) in [6, 6.07) is 14.1. The highest BCUT2D eigenvalue weighted by atomic mass is 19.1. The minimum Gasteiger partial charge on any atom is -0.352 e. The van der Waals surface area contributed by atoms with Gasteiger partial charge in [-0.15, -0.1) is 0 Å². The number of carbonyl (C=O) groups excluding carboxylic acids is 1. The van der Waals surface area contributed by atoms with Crippen molar-refractivity contribution in [2.45, 2.75) is 25.9 Å². The second-order valence-corrected chi connectivity index (χ2v) is 5.08. The average Bonchev–Trinajstić information content (AvgIpc) is 2.49. The molecule has 2 aromatic rings. The molecule has 0 aromatic heterocycles. The first-order valence-corrected chi connectivity index (χ1v) is 6.88. The Hall–Kier alpha value is -2.20. The van der Waals surface area contributed by atoms with Gasteiger partial charge < -0.3 is 11.1 Å². The lowest BCUT2D eigenvalue weighted by atomic mass is 10.0. The largest absolute Gasteiger partial charge is 0.352 e. The summed E-state index contributed by atoms with van der Waals surface area (Å²) in [6.07, 6.45) is 0.207. The van der Waals surface area contributed by atoms with Crippen LogP contribution in [0.15, 0.2) is 48.5 Å². The van der Waals surface area contributed by atoms with E-state index in [-0.39, 0.29) is 24.2 Å². The first kappa shape index (κ1) is 15.2. The number of halogens is 1. The molecule has 2 aromatic carbocycles. The summed E-state index contributed by atoms with van der Waals surface area (Å²) in [6.45, 7) is 2.01. The number of rotatable bonds is 5. The molecule has 1 atom stereocenters. The van der Waals surface area contributed by atoms with Gasteiger partial charge in [0.25, 0.3) is 0 Å². The number of hydrogen-bond acceptors (Lipinski definition) is 2. The predicted octanol–water partition coefficient (Wildman–Crippen LogP) is 2.84. The van der Waals surface area contributed by atoms with Crippen molar-refractivity contribution in [1.29, 1.82) is 0 Å². The third-order valence-electron chi connectivity index (χ3n) is 3.36. The van der Waals surface area contributed by atoms with Crippen LogP contribution in [0, 0.1) is 12.7 Å². The van der Waals surface area contributed by atoms with Gasteiger partial charge in [-0.2, -0.15) is 0 Å². The zero-order valence-electron chi connectivity index (χ0n) is 12.0. The Bertz CT molecular complexity index is 613. The van der Waals surface area contributed by atoms with E-state index in [1.165, 1.54) is 6.07 Å². The minimum atomic E-state index is -0.332. The molecule has 0 radical (unpaired) electrons. The highest BCUT2D eigenvalue weighted by Gasteiger charge is 2.11. The van der Waals surface area contributed by atoms with E-state index in [4.69, 9.17) is 5.73 Å². The van der Waals surface area contributed by atoms with Gasteiger partial charge in [0.2, 0.25) is 5.91 Å². The van der Waals surface area contributed by atoms with Gasteiger partial charge in [-0.25, -0.2) is 4.39 Å². The van der Waals surface area contributed by atoms with E-state index in [1.807, 2.05) is 30.3 Å². The second-order valence-electron chi connectivity index (χ2n) is 5.08. The lowest BCUT2D eigenvalue weighted by Crippen LogP contribution is -2.27. The maximum absolute atomic E-state index is 13.4. The first-order valence-electron chi connectivity index (χ1n) is 6.88. The van der Waals surface area contributed by atoms with Gasteiger partial charge >= 0.3 is 0 Å². The van der Waals surface area contributed by atoms with Gasteiger partial charge in [0.05, 0.1) is 0 Å². The molecule has 4 heteroatoms. The Morgan fingerprint density at radius 3 is 2.62 bits per heavy atom. The van der Waals surface area contributed by atoms with Crippen LogP contribution in [-0.2, 0) is 11.3 Å². The van der Waals surface area contributed by atoms with Crippen LogP contribution < -0.4 is 11.1 Å². The topological polar surface area (TPSA) is 55.1 Å². The number of benzene rings is 2. The number of aryl methyl sites for hydroxylation is 1. The van der Waals surface area contributed by atoms with E-state index in [0.29, 0.717) is 12.1 Å². The van der Waals surface area contributed by atoms with Crippen LogP contribution >= 0.6 is 0 Å². The van der Waals surface area contributed by atoms with E-state index in [0.717, 1.165) is 11.1 Å². The van der Waals surface area contributed by atoms with Gasteiger partial charge in [-0.3, -0.25) is 4.79 Å². The maximum Gasteiger partial charge on any atom is 0.222 e. The molecule has 0 fully saturated rings. The molecule has 0 spiro atoms. The van der Waals surface area contributed by atoms with Crippen LogP contribution in [-0.4, -0.2) is 5.91 Å². The van der Waals surface area contributed by atoms with E-state index in [9.17, 15) is 9.18 Å². The Kier molecular flexibility index (Phi) is 5.06. The van der Waals surface area contributed by atoms with Gasteiger partial charge in [0, 0.05) is 19.0 Å². The van der Waals surface area contributed by atoms with E-state index >= 15 is 0 Å². The lowest BCUT2D eigenvalue weighted by Gasteiger charge is -2.12. The molecule has 0 saturated heterocycles. The van der Waals surface area contributed by atoms with Crippen LogP contribution in [0.2, 0.25) is 0 Å². The molecule has 1 amide bonds. The minimum absolute atomic E-state index is 0.146. The van der Waals surface area contributed by atoms with Crippen LogP contribution in [0.3, 0.4) is 0 Å². The molecule has 21 heavy (non-hydrogen) atoms. The molecule has 0 heterocycles. The molecule has 1 unspecified atom stereocenters. The average molecular weight is 286 g/mol. The zero-order valence-corrected chi connectivity index (χ0v) is 12.0. The quantitative estimate of drug-likeness (QED) is 0.888. The predicted molar refractivity (Wildman–Crippen MR) is 81.0 cm³/mol. The van der Waals surface area contributed by atoms with E-state index in [2.05, 4.69) is 5.32 Å². The molecule has 3 nitrogen and oxygen atoms in total. The molecule has 0 aliphatic heterocycles. The Morgan fingerprint density at radius 1 is 1.24 bits per heavy atom.